The van der Waals surface area contributed by atoms with Crippen molar-refractivity contribution in [3.63, 3.8) is 0 Å². The SMILES string of the molecule is C=C(c1ccc(Cl)cc1)c1ccc(-c2nc3nc(OC(N)=O)ccc3[nH]2)cc1. The highest BCUT2D eigenvalue weighted by atomic mass is 35.5. The van der Waals surface area contributed by atoms with Crippen LogP contribution >= 0.6 is 11.6 Å². The number of halogens is 1. The fraction of sp³-hybridized carbons (Fsp3) is 0. The number of imidazole rings is 1. The lowest BCUT2D eigenvalue weighted by Crippen LogP contribution is -2.16. The van der Waals surface area contributed by atoms with Crippen LogP contribution in [-0.4, -0.2) is 21.0 Å². The number of H-pyrrole nitrogens is 1. The van der Waals surface area contributed by atoms with Crippen LogP contribution in [-0.2, 0) is 0 Å². The number of benzene rings is 2. The number of fused-ring (bicyclic) bond motifs is 1. The van der Waals surface area contributed by atoms with Gasteiger partial charge in [-0.2, -0.15) is 4.98 Å². The second-order valence-electron chi connectivity index (χ2n) is 6.09. The number of nitrogens with two attached hydrogens (primary N) is 1. The second-order valence-corrected chi connectivity index (χ2v) is 6.53. The molecule has 28 heavy (non-hydrogen) atoms. The van der Waals surface area contributed by atoms with E-state index in [4.69, 9.17) is 22.1 Å². The van der Waals surface area contributed by atoms with Crippen LogP contribution in [0.15, 0.2) is 67.2 Å². The average molecular weight is 391 g/mol. The topological polar surface area (TPSA) is 93.9 Å². The number of carbonyl (C=O) groups is 1. The molecule has 0 saturated carbocycles. The standard InChI is InChI=1S/C21H15ClN4O2/c1-12(14-6-8-16(22)9-7-14)13-2-4-15(5-3-13)19-24-17-10-11-18(28-21(23)27)25-20(17)26-19/h2-11H,1H2,(H2,23,27)(H,24,25,26). The molecule has 2 aromatic carbocycles. The molecule has 6 nitrogen and oxygen atoms in total. The van der Waals surface area contributed by atoms with Crippen molar-refractivity contribution in [2.24, 2.45) is 5.73 Å². The zero-order chi connectivity index (χ0) is 19.7. The van der Waals surface area contributed by atoms with E-state index in [1.54, 1.807) is 12.1 Å². The molecule has 1 amide bonds. The lowest BCUT2D eigenvalue weighted by molar-refractivity contribution is 0.209. The van der Waals surface area contributed by atoms with Gasteiger partial charge in [-0.05, 0) is 34.9 Å². The molecule has 7 heteroatoms. The van der Waals surface area contributed by atoms with Gasteiger partial charge in [-0.15, -0.1) is 0 Å². The molecule has 0 radical (unpaired) electrons. The van der Waals surface area contributed by atoms with Crippen LogP contribution in [0.2, 0.25) is 5.02 Å². The summed E-state index contributed by atoms with van der Waals surface area (Å²) in [6, 6.07) is 18.7. The number of rotatable bonds is 4. The molecule has 0 bridgehead atoms. The number of primary amides is 1. The molecule has 0 aliphatic heterocycles. The molecule has 0 aliphatic carbocycles. The molecule has 0 saturated heterocycles. The van der Waals surface area contributed by atoms with Gasteiger partial charge in [0.15, 0.2) is 5.65 Å². The predicted molar refractivity (Wildman–Crippen MR) is 109 cm³/mol. The molecule has 4 aromatic rings. The Morgan fingerprint density at radius 2 is 1.61 bits per heavy atom. The van der Waals surface area contributed by atoms with Crippen LogP contribution in [0.4, 0.5) is 4.79 Å². The first kappa shape index (κ1) is 17.8. The summed E-state index contributed by atoms with van der Waals surface area (Å²) in [5.74, 6) is 0.759. The molecule has 2 aromatic heterocycles. The van der Waals surface area contributed by atoms with Gasteiger partial charge in [-0.1, -0.05) is 54.6 Å². The molecule has 0 fully saturated rings. The first-order valence-electron chi connectivity index (χ1n) is 8.39. The van der Waals surface area contributed by atoms with Crippen LogP contribution in [0.5, 0.6) is 5.88 Å². The summed E-state index contributed by atoms with van der Waals surface area (Å²) < 4.78 is 4.78. The molecule has 3 N–H and O–H groups in total. The van der Waals surface area contributed by atoms with E-state index in [0.29, 0.717) is 16.5 Å². The van der Waals surface area contributed by atoms with Crippen LogP contribution in [0, 0.1) is 0 Å². The van der Waals surface area contributed by atoms with E-state index in [1.807, 2.05) is 48.5 Å². The molecule has 0 unspecified atom stereocenters. The van der Waals surface area contributed by atoms with Crippen LogP contribution in [0.3, 0.4) is 0 Å². The Hall–Kier alpha value is -3.64. The van der Waals surface area contributed by atoms with E-state index < -0.39 is 6.09 Å². The molecule has 2 heterocycles. The second kappa shape index (κ2) is 7.17. The lowest BCUT2D eigenvalue weighted by Gasteiger charge is -2.07. The average Bonchev–Trinajstić information content (AvgIpc) is 3.11. The zero-order valence-corrected chi connectivity index (χ0v) is 15.4. The number of amides is 1. The Balaban J connectivity index is 1.60. The van der Waals surface area contributed by atoms with Crippen molar-refractivity contribution in [1.29, 1.82) is 0 Å². The number of aromatic nitrogens is 3. The van der Waals surface area contributed by atoms with Gasteiger partial charge in [0.05, 0.1) is 5.52 Å². The summed E-state index contributed by atoms with van der Waals surface area (Å²) in [4.78, 5) is 22.7. The molecule has 0 spiro atoms. The van der Waals surface area contributed by atoms with E-state index in [0.717, 1.165) is 27.8 Å². The maximum absolute atomic E-state index is 10.9. The molecule has 4 rings (SSSR count). The van der Waals surface area contributed by atoms with Gasteiger partial charge in [0.2, 0.25) is 5.88 Å². The third-order valence-electron chi connectivity index (χ3n) is 4.22. The van der Waals surface area contributed by atoms with Crippen molar-refractivity contribution in [1.82, 2.24) is 15.0 Å². The molecular formula is C21H15ClN4O2. The predicted octanol–water partition coefficient (Wildman–Crippen LogP) is 4.80. The lowest BCUT2D eigenvalue weighted by atomic mass is 9.98. The van der Waals surface area contributed by atoms with E-state index in [2.05, 4.69) is 21.5 Å². The normalized spacial score (nSPS) is 10.8. The molecule has 0 atom stereocenters. The molecule has 138 valence electrons. The maximum Gasteiger partial charge on any atom is 0.411 e. The zero-order valence-electron chi connectivity index (χ0n) is 14.6. The summed E-state index contributed by atoms with van der Waals surface area (Å²) in [7, 11) is 0. The number of carbonyl (C=O) groups excluding carboxylic acids is 1. The number of hydrogen-bond acceptors (Lipinski definition) is 4. The number of aromatic amines is 1. The monoisotopic (exact) mass is 390 g/mol. The van der Waals surface area contributed by atoms with Crippen molar-refractivity contribution < 1.29 is 9.53 Å². The van der Waals surface area contributed by atoms with E-state index in [9.17, 15) is 4.79 Å². The largest absolute Gasteiger partial charge is 0.411 e. The van der Waals surface area contributed by atoms with Crippen molar-refractivity contribution in [3.05, 3.63) is 83.4 Å². The van der Waals surface area contributed by atoms with Gasteiger partial charge in [-0.3, -0.25) is 0 Å². The minimum Gasteiger partial charge on any atom is -0.391 e. The van der Waals surface area contributed by atoms with Crippen LogP contribution in [0.25, 0.3) is 28.1 Å². The Labute approximate surface area is 165 Å². The number of pyridine rings is 1. The summed E-state index contributed by atoms with van der Waals surface area (Å²) in [5, 5.41) is 0.690. The van der Waals surface area contributed by atoms with Crippen molar-refractivity contribution in [2.45, 2.75) is 0 Å². The summed E-state index contributed by atoms with van der Waals surface area (Å²) >= 11 is 5.94. The highest BCUT2D eigenvalue weighted by molar-refractivity contribution is 6.30. The molecular weight excluding hydrogens is 376 g/mol. The van der Waals surface area contributed by atoms with Gasteiger partial charge in [0.25, 0.3) is 0 Å². The number of ether oxygens (including phenoxy) is 1. The third-order valence-corrected chi connectivity index (χ3v) is 4.48. The Kier molecular flexibility index (Phi) is 4.55. The minimum atomic E-state index is -0.917. The Morgan fingerprint density at radius 1 is 0.964 bits per heavy atom. The Bertz CT molecular complexity index is 1180. The first-order valence-corrected chi connectivity index (χ1v) is 8.77. The smallest absolute Gasteiger partial charge is 0.391 e. The Morgan fingerprint density at radius 3 is 2.25 bits per heavy atom. The van der Waals surface area contributed by atoms with Gasteiger partial charge >= 0.3 is 6.09 Å². The maximum atomic E-state index is 10.9. The number of nitrogens with one attached hydrogen (secondary N) is 1. The quantitative estimate of drug-likeness (QED) is 0.523. The number of nitrogens with zero attached hydrogens (tertiary/aromatic N) is 2. The van der Waals surface area contributed by atoms with Gasteiger partial charge in [0.1, 0.15) is 5.82 Å². The van der Waals surface area contributed by atoms with E-state index in [-0.39, 0.29) is 5.88 Å². The van der Waals surface area contributed by atoms with Crippen LogP contribution in [0.1, 0.15) is 11.1 Å². The molecule has 0 aliphatic rings. The van der Waals surface area contributed by atoms with Gasteiger partial charge in [-0.25, -0.2) is 9.78 Å². The van der Waals surface area contributed by atoms with Crippen molar-refractivity contribution in [3.8, 4) is 17.3 Å². The van der Waals surface area contributed by atoms with E-state index >= 15 is 0 Å². The van der Waals surface area contributed by atoms with Crippen LogP contribution < -0.4 is 10.5 Å². The summed E-state index contributed by atoms with van der Waals surface area (Å²) in [5.41, 5.74) is 9.97. The summed E-state index contributed by atoms with van der Waals surface area (Å²) in [6.45, 7) is 4.17. The number of hydrogen-bond donors (Lipinski definition) is 2. The van der Waals surface area contributed by atoms with Gasteiger partial charge < -0.3 is 15.5 Å². The van der Waals surface area contributed by atoms with Crippen molar-refractivity contribution in [2.75, 3.05) is 0 Å². The fourth-order valence-electron chi connectivity index (χ4n) is 2.82. The highest BCUT2D eigenvalue weighted by Crippen LogP contribution is 2.26. The van der Waals surface area contributed by atoms with Crippen molar-refractivity contribution >= 4 is 34.4 Å². The van der Waals surface area contributed by atoms with Gasteiger partial charge in [0, 0.05) is 16.7 Å². The first-order chi connectivity index (χ1) is 13.5. The minimum absolute atomic E-state index is 0.104. The highest BCUT2D eigenvalue weighted by Gasteiger charge is 2.10. The van der Waals surface area contributed by atoms with E-state index in [1.165, 1.54) is 0 Å². The third kappa shape index (κ3) is 3.58. The summed E-state index contributed by atoms with van der Waals surface area (Å²) in [6.07, 6.45) is -0.917. The fourth-order valence-corrected chi connectivity index (χ4v) is 2.94.